The molecule has 6 heteroatoms. The number of hydrogen-bond donors (Lipinski definition) is 2. The lowest BCUT2D eigenvalue weighted by molar-refractivity contribution is 0.265. The minimum atomic E-state index is -0.00965. The molecule has 0 saturated heterocycles. The van der Waals surface area contributed by atoms with Crippen molar-refractivity contribution >= 4 is 24.8 Å². The quantitative estimate of drug-likeness (QED) is 0.865. The summed E-state index contributed by atoms with van der Waals surface area (Å²) in [5.74, 6) is 0.510. The van der Waals surface area contributed by atoms with E-state index in [1.54, 1.807) is 0 Å². The second-order valence-electron chi connectivity index (χ2n) is 4.63. The fraction of sp³-hybridized carbons (Fsp3) is 0.727. The monoisotopic (exact) mass is 282 g/mol. The molecule has 1 unspecified atom stereocenters. The summed E-state index contributed by atoms with van der Waals surface area (Å²) in [6, 6.07) is 0. The van der Waals surface area contributed by atoms with Crippen molar-refractivity contribution in [1.29, 1.82) is 0 Å². The molecule has 0 radical (unpaired) electrons. The summed E-state index contributed by atoms with van der Waals surface area (Å²) in [6.07, 6.45) is 3.69. The van der Waals surface area contributed by atoms with Gasteiger partial charge in [-0.25, -0.2) is 4.98 Å². The summed E-state index contributed by atoms with van der Waals surface area (Å²) in [7, 11) is 2.00. The van der Waals surface area contributed by atoms with E-state index in [2.05, 4.69) is 31.1 Å². The second-order valence-corrected chi connectivity index (χ2v) is 4.63. The molecule has 1 atom stereocenters. The van der Waals surface area contributed by atoms with E-state index in [0.717, 1.165) is 6.54 Å². The van der Waals surface area contributed by atoms with Crippen molar-refractivity contribution in [1.82, 2.24) is 14.9 Å². The van der Waals surface area contributed by atoms with Gasteiger partial charge in [0.05, 0.1) is 12.0 Å². The molecular formula is C11H24Cl2N4. The van der Waals surface area contributed by atoms with E-state index in [1.807, 2.05) is 24.1 Å². The number of aryl methyl sites for hydroxylation is 1. The Morgan fingerprint density at radius 3 is 2.41 bits per heavy atom. The number of nitrogens with two attached hydrogens (primary N) is 1. The predicted molar refractivity (Wildman–Crippen MR) is 76.8 cm³/mol. The van der Waals surface area contributed by atoms with Gasteiger partial charge in [0.1, 0.15) is 0 Å². The lowest BCUT2D eigenvalue weighted by Gasteiger charge is -2.33. The highest BCUT2D eigenvalue weighted by atomic mass is 35.5. The van der Waals surface area contributed by atoms with Crippen molar-refractivity contribution in [2.45, 2.75) is 32.9 Å². The van der Waals surface area contributed by atoms with Crippen LogP contribution in [0.1, 0.15) is 26.5 Å². The molecule has 0 fully saturated rings. The van der Waals surface area contributed by atoms with E-state index in [9.17, 15) is 0 Å². The Hall–Kier alpha value is -0.290. The van der Waals surface area contributed by atoms with Crippen LogP contribution in [0.5, 0.6) is 0 Å². The molecule has 0 aliphatic rings. The Labute approximate surface area is 116 Å². The minimum absolute atomic E-state index is 0. The zero-order valence-electron chi connectivity index (χ0n) is 10.9. The number of imidazole rings is 1. The van der Waals surface area contributed by atoms with Crippen LogP contribution >= 0.6 is 24.8 Å². The van der Waals surface area contributed by atoms with Crippen LogP contribution in [0.4, 0.5) is 0 Å². The summed E-state index contributed by atoms with van der Waals surface area (Å²) in [5, 5.41) is 3.50. The number of rotatable bonds is 5. The molecule has 0 spiro atoms. The number of nitrogens with zero attached hydrogens (tertiary/aromatic N) is 2. The molecule has 1 rings (SSSR count). The van der Waals surface area contributed by atoms with E-state index in [0.29, 0.717) is 12.5 Å². The third kappa shape index (κ3) is 4.84. The molecular weight excluding hydrogens is 259 g/mol. The van der Waals surface area contributed by atoms with Gasteiger partial charge in [0.15, 0.2) is 0 Å². The number of halogens is 2. The SMILES string of the molecule is CC(C)C(C)(CN)NCc1cncn1C.Cl.Cl. The number of nitrogens with one attached hydrogen (secondary N) is 1. The Balaban J connectivity index is 0. The van der Waals surface area contributed by atoms with Gasteiger partial charge < -0.3 is 15.6 Å². The van der Waals surface area contributed by atoms with Gasteiger partial charge >= 0.3 is 0 Å². The van der Waals surface area contributed by atoms with Gasteiger partial charge in [-0.05, 0) is 12.8 Å². The summed E-state index contributed by atoms with van der Waals surface area (Å²) in [5.41, 5.74) is 6.97. The van der Waals surface area contributed by atoms with Crippen molar-refractivity contribution in [3.8, 4) is 0 Å². The maximum Gasteiger partial charge on any atom is 0.0945 e. The fourth-order valence-electron chi connectivity index (χ4n) is 1.36. The maximum absolute atomic E-state index is 5.80. The number of hydrogen-bond acceptors (Lipinski definition) is 3. The van der Waals surface area contributed by atoms with Crippen molar-refractivity contribution < 1.29 is 0 Å². The van der Waals surface area contributed by atoms with Gasteiger partial charge in [-0.2, -0.15) is 0 Å². The van der Waals surface area contributed by atoms with Crippen LogP contribution < -0.4 is 11.1 Å². The van der Waals surface area contributed by atoms with Crippen LogP contribution in [0.3, 0.4) is 0 Å². The van der Waals surface area contributed by atoms with Crippen LogP contribution in [-0.2, 0) is 13.6 Å². The zero-order chi connectivity index (χ0) is 11.5. The van der Waals surface area contributed by atoms with E-state index in [-0.39, 0.29) is 30.4 Å². The highest BCUT2D eigenvalue weighted by Crippen LogP contribution is 2.15. The lowest BCUT2D eigenvalue weighted by atomic mass is 9.88. The van der Waals surface area contributed by atoms with Gasteiger partial charge in [-0.15, -0.1) is 24.8 Å². The Morgan fingerprint density at radius 1 is 1.47 bits per heavy atom. The van der Waals surface area contributed by atoms with E-state index >= 15 is 0 Å². The average molecular weight is 283 g/mol. The first-order chi connectivity index (χ1) is 6.99. The smallest absolute Gasteiger partial charge is 0.0945 e. The highest BCUT2D eigenvalue weighted by Gasteiger charge is 2.25. The minimum Gasteiger partial charge on any atom is -0.337 e. The second kappa shape index (κ2) is 7.93. The largest absolute Gasteiger partial charge is 0.337 e. The van der Waals surface area contributed by atoms with Gasteiger partial charge in [0.2, 0.25) is 0 Å². The zero-order valence-corrected chi connectivity index (χ0v) is 12.6. The lowest BCUT2D eigenvalue weighted by Crippen LogP contribution is -2.52. The third-order valence-corrected chi connectivity index (χ3v) is 3.29. The molecule has 0 aromatic carbocycles. The summed E-state index contributed by atoms with van der Waals surface area (Å²) < 4.78 is 2.02. The van der Waals surface area contributed by atoms with E-state index in [4.69, 9.17) is 5.73 Å². The van der Waals surface area contributed by atoms with Crippen molar-refractivity contribution in [2.75, 3.05) is 6.54 Å². The molecule has 0 aliphatic heterocycles. The standard InChI is InChI=1S/C11H22N4.2ClH/c1-9(2)11(3,7-12)14-6-10-5-13-8-15(10)4;;/h5,8-9,14H,6-7,12H2,1-4H3;2*1H. The van der Waals surface area contributed by atoms with Gasteiger partial charge in [-0.1, -0.05) is 13.8 Å². The van der Waals surface area contributed by atoms with E-state index in [1.165, 1.54) is 5.69 Å². The third-order valence-electron chi connectivity index (χ3n) is 3.29. The Kier molecular flexibility index (Phi) is 8.89. The molecule has 0 amide bonds. The molecule has 0 saturated carbocycles. The van der Waals surface area contributed by atoms with Crippen LogP contribution in [0.2, 0.25) is 0 Å². The Morgan fingerprint density at radius 2 is 2.06 bits per heavy atom. The summed E-state index contributed by atoms with van der Waals surface area (Å²) in [6.45, 7) is 7.98. The molecule has 1 heterocycles. The van der Waals surface area contributed by atoms with Crippen molar-refractivity contribution in [3.05, 3.63) is 18.2 Å². The average Bonchev–Trinajstić information content (AvgIpc) is 2.60. The molecule has 0 bridgehead atoms. The topological polar surface area (TPSA) is 55.9 Å². The van der Waals surface area contributed by atoms with Gasteiger partial charge in [-0.3, -0.25) is 0 Å². The van der Waals surface area contributed by atoms with Crippen LogP contribution in [-0.4, -0.2) is 21.6 Å². The van der Waals surface area contributed by atoms with Crippen molar-refractivity contribution in [2.24, 2.45) is 18.7 Å². The first-order valence-electron chi connectivity index (χ1n) is 5.40. The molecule has 1 aromatic rings. The first kappa shape index (κ1) is 19.1. The molecule has 1 aromatic heterocycles. The normalized spacial score (nSPS) is 13.8. The van der Waals surface area contributed by atoms with Crippen LogP contribution in [0.15, 0.2) is 12.5 Å². The van der Waals surface area contributed by atoms with Gasteiger partial charge in [0.25, 0.3) is 0 Å². The molecule has 4 nitrogen and oxygen atoms in total. The van der Waals surface area contributed by atoms with Crippen LogP contribution in [0.25, 0.3) is 0 Å². The molecule has 0 aliphatic carbocycles. The maximum atomic E-state index is 5.80. The van der Waals surface area contributed by atoms with E-state index < -0.39 is 0 Å². The van der Waals surface area contributed by atoms with Crippen molar-refractivity contribution in [3.63, 3.8) is 0 Å². The molecule has 102 valence electrons. The summed E-state index contributed by atoms with van der Waals surface area (Å²) in [4.78, 5) is 4.08. The predicted octanol–water partition coefficient (Wildman–Crippen LogP) is 1.73. The van der Waals surface area contributed by atoms with Crippen LogP contribution in [0, 0.1) is 5.92 Å². The number of aromatic nitrogens is 2. The van der Waals surface area contributed by atoms with Gasteiger partial charge in [0, 0.05) is 31.9 Å². The highest BCUT2D eigenvalue weighted by molar-refractivity contribution is 5.85. The summed E-state index contributed by atoms with van der Waals surface area (Å²) >= 11 is 0. The molecule has 17 heavy (non-hydrogen) atoms. The first-order valence-corrected chi connectivity index (χ1v) is 5.40. The fourth-order valence-corrected chi connectivity index (χ4v) is 1.36. The Bertz CT molecular complexity index is 314. The molecule has 3 N–H and O–H groups in total.